The number of phenolic OH excluding ortho intramolecular Hbond substituents is 1. The third-order valence-corrected chi connectivity index (χ3v) is 4.84. The lowest BCUT2D eigenvalue weighted by Crippen LogP contribution is -2.15. The van der Waals surface area contributed by atoms with Gasteiger partial charge in [0.05, 0.1) is 24.9 Å². The van der Waals surface area contributed by atoms with Crippen molar-refractivity contribution in [2.24, 2.45) is 0 Å². The number of para-hydroxylation sites is 1. The summed E-state index contributed by atoms with van der Waals surface area (Å²) >= 11 is 12.3. The summed E-state index contributed by atoms with van der Waals surface area (Å²) in [6.45, 7) is 0. The van der Waals surface area contributed by atoms with Crippen LogP contribution in [-0.4, -0.2) is 41.0 Å². The van der Waals surface area contributed by atoms with Gasteiger partial charge in [0, 0.05) is 5.56 Å². The van der Waals surface area contributed by atoms with Gasteiger partial charge in [-0.2, -0.15) is 5.10 Å². The number of hydrogen-bond donors (Lipinski definition) is 1. The van der Waals surface area contributed by atoms with Crippen LogP contribution in [0.4, 0.5) is 0 Å². The number of nitrogens with zero attached hydrogens (tertiary/aromatic N) is 2. The third-order valence-electron chi connectivity index (χ3n) is 3.97. The highest BCUT2D eigenvalue weighted by Crippen LogP contribution is 2.40. The van der Waals surface area contributed by atoms with Gasteiger partial charge in [0.2, 0.25) is 0 Å². The molecule has 0 aliphatic heterocycles. The average molecular weight is 421 g/mol. The van der Waals surface area contributed by atoms with Gasteiger partial charge in [-0.3, -0.25) is 0 Å². The van der Waals surface area contributed by atoms with E-state index in [1.807, 2.05) is 0 Å². The van der Waals surface area contributed by atoms with Gasteiger partial charge in [0.1, 0.15) is 22.0 Å². The van der Waals surface area contributed by atoms with E-state index in [-0.39, 0.29) is 38.3 Å². The van der Waals surface area contributed by atoms with Gasteiger partial charge >= 0.3 is 11.9 Å². The largest absolute Gasteiger partial charge is 0.506 e. The zero-order valence-electron chi connectivity index (χ0n) is 14.8. The lowest BCUT2D eigenvalue weighted by molar-refractivity contribution is 0.0549. The molecule has 28 heavy (non-hydrogen) atoms. The molecule has 0 aliphatic carbocycles. The SMILES string of the molecule is COC(=O)c1c(-c2ccc(O)c(Cl)c2Cl)nn(-c2ccccc2)c1C(=O)OC. The number of aromatic hydroxyl groups is 1. The molecular weight excluding hydrogens is 407 g/mol. The Morgan fingerprint density at radius 3 is 2.21 bits per heavy atom. The molecule has 0 saturated carbocycles. The molecule has 0 saturated heterocycles. The highest BCUT2D eigenvalue weighted by Gasteiger charge is 2.32. The fourth-order valence-electron chi connectivity index (χ4n) is 2.67. The molecule has 0 radical (unpaired) electrons. The Labute approximate surface area is 170 Å². The Balaban J connectivity index is 2.41. The van der Waals surface area contributed by atoms with E-state index < -0.39 is 11.9 Å². The van der Waals surface area contributed by atoms with E-state index in [4.69, 9.17) is 32.7 Å². The van der Waals surface area contributed by atoms with E-state index in [1.54, 1.807) is 30.3 Å². The van der Waals surface area contributed by atoms with Crippen LogP contribution in [0.25, 0.3) is 16.9 Å². The second-order valence-corrected chi connectivity index (χ2v) is 6.32. The number of aromatic nitrogens is 2. The summed E-state index contributed by atoms with van der Waals surface area (Å²) in [5.74, 6) is -1.83. The van der Waals surface area contributed by atoms with Crippen LogP contribution < -0.4 is 0 Å². The van der Waals surface area contributed by atoms with Gasteiger partial charge in [-0.1, -0.05) is 41.4 Å². The molecule has 9 heteroatoms. The van der Waals surface area contributed by atoms with Crippen molar-refractivity contribution >= 4 is 35.1 Å². The van der Waals surface area contributed by atoms with Crippen molar-refractivity contribution in [1.82, 2.24) is 9.78 Å². The minimum absolute atomic E-state index is 0.0269. The number of phenols is 1. The van der Waals surface area contributed by atoms with E-state index >= 15 is 0 Å². The van der Waals surface area contributed by atoms with Crippen molar-refractivity contribution in [1.29, 1.82) is 0 Å². The number of carbonyl (C=O) groups excluding carboxylic acids is 2. The average Bonchev–Trinajstić information content (AvgIpc) is 3.12. The Kier molecular flexibility index (Phi) is 5.58. The normalized spacial score (nSPS) is 10.6. The Hall–Kier alpha value is -3.03. The summed E-state index contributed by atoms with van der Waals surface area (Å²) in [5, 5.41) is 14.0. The van der Waals surface area contributed by atoms with E-state index in [2.05, 4.69) is 5.10 Å². The van der Waals surface area contributed by atoms with Crippen LogP contribution in [0.2, 0.25) is 10.0 Å². The second-order valence-electron chi connectivity index (χ2n) is 5.56. The molecule has 0 fully saturated rings. The van der Waals surface area contributed by atoms with Gasteiger partial charge in [-0.25, -0.2) is 14.3 Å². The summed E-state index contributed by atoms with van der Waals surface area (Å²) in [5.41, 5.74) is 0.547. The van der Waals surface area contributed by atoms with Gasteiger partial charge in [-0.05, 0) is 24.3 Å². The van der Waals surface area contributed by atoms with Crippen LogP contribution in [0, 0.1) is 0 Å². The lowest BCUT2D eigenvalue weighted by Gasteiger charge is -2.07. The van der Waals surface area contributed by atoms with Crippen molar-refractivity contribution in [3.63, 3.8) is 0 Å². The first-order valence-electron chi connectivity index (χ1n) is 7.93. The van der Waals surface area contributed by atoms with Crippen molar-refractivity contribution in [2.45, 2.75) is 0 Å². The maximum atomic E-state index is 12.5. The van der Waals surface area contributed by atoms with Gasteiger partial charge in [0.15, 0.2) is 5.69 Å². The fraction of sp³-hybridized carbons (Fsp3) is 0.105. The van der Waals surface area contributed by atoms with E-state index in [9.17, 15) is 14.7 Å². The zero-order valence-corrected chi connectivity index (χ0v) is 16.3. The van der Waals surface area contributed by atoms with E-state index in [0.717, 1.165) is 0 Å². The van der Waals surface area contributed by atoms with Crippen molar-refractivity contribution in [3.05, 3.63) is 63.8 Å². The molecule has 0 aliphatic rings. The van der Waals surface area contributed by atoms with E-state index in [0.29, 0.717) is 5.69 Å². The number of halogens is 2. The van der Waals surface area contributed by atoms with Crippen LogP contribution in [0.15, 0.2) is 42.5 Å². The predicted molar refractivity (Wildman–Crippen MR) is 103 cm³/mol. The smallest absolute Gasteiger partial charge is 0.357 e. The minimum atomic E-state index is -0.808. The van der Waals surface area contributed by atoms with E-state index in [1.165, 1.54) is 31.0 Å². The monoisotopic (exact) mass is 420 g/mol. The highest BCUT2D eigenvalue weighted by molar-refractivity contribution is 6.44. The number of rotatable bonds is 4. The van der Waals surface area contributed by atoms with Crippen LogP contribution in [-0.2, 0) is 9.47 Å². The Bertz CT molecular complexity index is 1060. The van der Waals surface area contributed by atoms with Gasteiger partial charge < -0.3 is 14.6 Å². The standard InChI is InChI=1S/C19H14Cl2N2O5/c1-27-18(25)13-16(11-8-9-12(24)15(21)14(11)20)22-23(17(13)19(26)28-2)10-6-4-3-5-7-10/h3-9,24H,1-2H3. The molecular formula is C19H14Cl2N2O5. The zero-order chi connectivity index (χ0) is 20.4. The molecule has 144 valence electrons. The minimum Gasteiger partial charge on any atom is -0.506 e. The molecule has 7 nitrogen and oxygen atoms in total. The summed E-state index contributed by atoms with van der Waals surface area (Å²) < 4.78 is 11.0. The van der Waals surface area contributed by atoms with Gasteiger partial charge in [-0.15, -0.1) is 0 Å². The van der Waals surface area contributed by atoms with Crippen molar-refractivity contribution in [2.75, 3.05) is 14.2 Å². The number of methoxy groups -OCH3 is 2. The number of benzene rings is 2. The fourth-order valence-corrected chi connectivity index (χ4v) is 3.08. The molecule has 0 unspecified atom stereocenters. The van der Waals surface area contributed by atoms with Crippen molar-refractivity contribution < 1.29 is 24.2 Å². The molecule has 3 rings (SSSR count). The first-order valence-corrected chi connectivity index (χ1v) is 8.68. The summed E-state index contributed by atoms with van der Waals surface area (Å²) in [6.07, 6.45) is 0. The molecule has 0 atom stereocenters. The molecule has 0 amide bonds. The number of hydrogen-bond acceptors (Lipinski definition) is 6. The lowest BCUT2D eigenvalue weighted by atomic mass is 10.1. The van der Waals surface area contributed by atoms with Crippen LogP contribution in [0.1, 0.15) is 20.8 Å². The molecule has 1 N–H and O–H groups in total. The number of ether oxygens (including phenoxy) is 2. The second kappa shape index (κ2) is 7.92. The summed E-state index contributed by atoms with van der Waals surface area (Å²) in [4.78, 5) is 25.1. The number of esters is 2. The molecule has 3 aromatic rings. The number of carbonyl (C=O) groups is 2. The molecule has 0 spiro atoms. The van der Waals surface area contributed by atoms with Crippen LogP contribution in [0.3, 0.4) is 0 Å². The Morgan fingerprint density at radius 1 is 0.964 bits per heavy atom. The predicted octanol–water partition coefficient (Wildman–Crippen LogP) is 4.12. The molecule has 1 aromatic heterocycles. The summed E-state index contributed by atoms with van der Waals surface area (Å²) in [6, 6.07) is 11.5. The van der Waals surface area contributed by atoms with Crippen LogP contribution in [0.5, 0.6) is 5.75 Å². The summed E-state index contributed by atoms with van der Waals surface area (Å²) in [7, 11) is 2.37. The maximum Gasteiger partial charge on any atom is 0.357 e. The third kappa shape index (κ3) is 3.30. The first-order chi connectivity index (χ1) is 13.4. The highest BCUT2D eigenvalue weighted by atomic mass is 35.5. The van der Waals surface area contributed by atoms with Gasteiger partial charge in [0.25, 0.3) is 0 Å². The molecule has 2 aromatic carbocycles. The van der Waals surface area contributed by atoms with Crippen LogP contribution >= 0.6 is 23.2 Å². The quantitative estimate of drug-likeness (QED) is 0.638. The molecule has 0 bridgehead atoms. The molecule has 1 heterocycles. The topological polar surface area (TPSA) is 90.6 Å². The maximum absolute atomic E-state index is 12.5. The Morgan fingerprint density at radius 2 is 1.61 bits per heavy atom. The first kappa shape index (κ1) is 19.7. The van der Waals surface area contributed by atoms with Crippen molar-refractivity contribution in [3.8, 4) is 22.7 Å².